The molecule has 3 nitrogen and oxygen atoms in total. The van der Waals surface area contributed by atoms with Gasteiger partial charge in [-0.2, -0.15) is 0 Å². The molecule has 0 saturated heterocycles. The van der Waals surface area contributed by atoms with Gasteiger partial charge in [-0.3, -0.25) is 4.98 Å². The zero-order valence-corrected chi connectivity index (χ0v) is 14.7. The van der Waals surface area contributed by atoms with Gasteiger partial charge in [0.05, 0.1) is 6.10 Å². The van der Waals surface area contributed by atoms with Crippen LogP contribution in [0.5, 0.6) is 5.75 Å². The Morgan fingerprint density at radius 2 is 1.65 bits per heavy atom. The van der Waals surface area contributed by atoms with Crippen LogP contribution < -0.4 is 4.74 Å². The summed E-state index contributed by atoms with van der Waals surface area (Å²) in [5, 5.41) is 10.3. The van der Waals surface area contributed by atoms with Crippen molar-refractivity contribution in [3.05, 3.63) is 84.4 Å². The van der Waals surface area contributed by atoms with Gasteiger partial charge in [0.25, 0.3) is 0 Å². The minimum Gasteiger partial charge on any atom is -0.488 e. The van der Waals surface area contributed by atoms with Crippen molar-refractivity contribution >= 4 is 0 Å². The lowest BCUT2D eigenvalue weighted by molar-refractivity contribution is 0.0420. The van der Waals surface area contributed by atoms with E-state index in [2.05, 4.69) is 4.98 Å². The van der Waals surface area contributed by atoms with Crippen LogP contribution in [0.2, 0.25) is 0 Å². The van der Waals surface area contributed by atoms with Gasteiger partial charge >= 0.3 is 0 Å². The number of hydrogen-bond acceptors (Lipinski definition) is 3. The van der Waals surface area contributed by atoms with E-state index in [0.717, 1.165) is 23.1 Å². The molecule has 2 atom stereocenters. The summed E-state index contributed by atoms with van der Waals surface area (Å²) in [6.45, 7) is 1.86. The molecule has 0 bridgehead atoms. The first-order valence-electron chi connectivity index (χ1n) is 8.71. The van der Waals surface area contributed by atoms with Crippen molar-refractivity contribution in [1.29, 1.82) is 0 Å². The Labute approximate surface area is 153 Å². The van der Waals surface area contributed by atoms with Crippen molar-refractivity contribution in [3.63, 3.8) is 0 Å². The van der Waals surface area contributed by atoms with Crippen molar-refractivity contribution in [3.8, 4) is 16.9 Å². The van der Waals surface area contributed by atoms with E-state index in [1.165, 1.54) is 12.1 Å². The standard InChI is InChI=1S/C22H22FNO2/c1-16(22(25)13-4-17-3-2-14-24-15-17)26-21-11-7-19(8-12-21)18-5-9-20(23)10-6-18/h2-3,5-12,14-16,22,25H,4,13H2,1H3/t16-,22?/m0/s1. The number of hydrogen-bond donors (Lipinski definition) is 1. The second-order valence-corrected chi connectivity index (χ2v) is 6.32. The van der Waals surface area contributed by atoms with Gasteiger partial charge in [-0.15, -0.1) is 0 Å². The van der Waals surface area contributed by atoms with E-state index < -0.39 is 6.10 Å². The number of rotatable bonds is 7. The Morgan fingerprint density at radius 1 is 1.00 bits per heavy atom. The molecular formula is C22H22FNO2. The Morgan fingerprint density at radius 3 is 2.27 bits per heavy atom. The van der Waals surface area contributed by atoms with Gasteiger partial charge in [-0.25, -0.2) is 4.39 Å². The zero-order chi connectivity index (χ0) is 18.4. The summed E-state index contributed by atoms with van der Waals surface area (Å²) in [5.41, 5.74) is 3.03. The fraction of sp³-hybridized carbons (Fsp3) is 0.227. The van der Waals surface area contributed by atoms with Crippen LogP contribution in [0.25, 0.3) is 11.1 Å². The molecule has 2 aromatic carbocycles. The second kappa shape index (κ2) is 8.59. The summed E-state index contributed by atoms with van der Waals surface area (Å²) < 4.78 is 18.9. The van der Waals surface area contributed by atoms with Crippen molar-refractivity contribution in [1.82, 2.24) is 4.98 Å². The molecule has 0 saturated carbocycles. The van der Waals surface area contributed by atoms with Crippen LogP contribution in [0.4, 0.5) is 4.39 Å². The summed E-state index contributed by atoms with van der Waals surface area (Å²) in [6, 6.07) is 17.9. The van der Waals surface area contributed by atoms with E-state index in [-0.39, 0.29) is 11.9 Å². The third-order valence-electron chi connectivity index (χ3n) is 4.35. The van der Waals surface area contributed by atoms with Crippen molar-refractivity contribution in [2.45, 2.75) is 32.0 Å². The van der Waals surface area contributed by atoms with E-state index in [1.54, 1.807) is 18.3 Å². The Hall–Kier alpha value is -2.72. The maximum Gasteiger partial charge on any atom is 0.123 e. The fourth-order valence-corrected chi connectivity index (χ4v) is 2.76. The summed E-state index contributed by atoms with van der Waals surface area (Å²) in [4.78, 5) is 4.08. The molecule has 1 N–H and O–H groups in total. The second-order valence-electron chi connectivity index (χ2n) is 6.32. The monoisotopic (exact) mass is 351 g/mol. The minimum absolute atomic E-state index is 0.247. The van der Waals surface area contributed by atoms with Crippen molar-refractivity contribution < 1.29 is 14.2 Å². The Kier molecular flexibility index (Phi) is 5.97. The SMILES string of the molecule is C[C@H](Oc1ccc(-c2ccc(F)cc2)cc1)C(O)CCc1cccnc1. The van der Waals surface area contributed by atoms with Gasteiger partial charge in [-0.1, -0.05) is 30.3 Å². The number of aliphatic hydroxyl groups excluding tert-OH is 1. The quantitative estimate of drug-likeness (QED) is 0.674. The van der Waals surface area contributed by atoms with E-state index in [0.29, 0.717) is 12.2 Å². The number of halogens is 1. The number of benzene rings is 2. The average Bonchev–Trinajstić information content (AvgIpc) is 2.68. The molecule has 26 heavy (non-hydrogen) atoms. The molecule has 3 rings (SSSR count). The zero-order valence-electron chi connectivity index (χ0n) is 14.7. The Bertz CT molecular complexity index is 804. The minimum atomic E-state index is -0.563. The third kappa shape index (κ3) is 4.90. The first-order chi connectivity index (χ1) is 12.6. The van der Waals surface area contributed by atoms with E-state index in [4.69, 9.17) is 4.74 Å². The molecule has 0 amide bonds. The first kappa shape index (κ1) is 18.1. The molecule has 0 spiro atoms. The highest BCUT2D eigenvalue weighted by Gasteiger charge is 2.16. The largest absolute Gasteiger partial charge is 0.488 e. The van der Waals surface area contributed by atoms with Crippen LogP contribution in [0.3, 0.4) is 0 Å². The van der Waals surface area contributed by atoms with Crippen LogP contribution in [0, 0.1) is 5.82 Å². The lowest BCUT2D eigenvalue weighted by Crippen LogP contribution is -2.29. The predicted octanol–water partition coefficient (Wildman–Crippen LogP) is 4.65. The van der Waals surface area contributed by atoms with Crippen LogP contribution in [-0.2, 0) is 6.42 Å². The normalized spacial score (nSPS) is 13.2. The fourth-order valence-electron chi connectivity index (χ4n) is 2.76. The molecule has 1 heterocycles. The highest BCUT2D eigenvalue weighted by molar-refractivity contribution is 5.63. The van der Waals surface area contributed by atoms with Crippen LogP contribution in [0.15, 0.2) is 73.1 Å². The molecule has 0 aliphatic rings. The molecule has 0 aliphatic carbocycles. The van der Waals surface area contributed by atoms with Gasteiger partial charge < -0.3 is 9.84 Å². The van der Waals surface area contributed by atoms with Crippen LogP contribution >= 0.6 is 0 Å². The summed E-state index contributed by atoms with van der Waals surface area (Å²) in [6.07, 6.45) is 4.04. The lowest BCUT2D eigenvalue weighted by Gasteiger charge is -2.20. The highest BCUT2D eigenvalue weighted by atomic mass is 19.1. The maximum absolute atomic E-state index is 13.0. The topological polar surface area (TPSA) is 42.4 Å². The molecular weight excluding hydrogens is 329 g/mol. The average molecular weight is 351 g/mol. The molecule has 0 aliphatic heterocycles. The van der Waals surface area contributed by atoms with Gasteiger partial charge in [0.2, 0.25) is 0 Å². The highest BCUT2D eigenvalue weighted by Crippen LogP contribution is 2.23. The summed E-state index contributed by atoms with van der Waals surface area (Å²) >= 11 is 0. The van der Waals surface area contributed by atoms with Crippen LogP contribution in [0.1, 0.15) is 18.9 Å². The first-order valence-corrected chi connectivity index (χ1v) is 8.71. The predicted molar refractivity (Wildman–Crippen MR) is 100 cm³/mol. The molecule has 3 aromatic rings. The number of pyridine rings is 1. The summed E-state index contributed by atoms with van der Waals surface area (Å²) in [7, 11) is 0. The molecule has 0 radical (unpaired) electrons. The summed E-state index contributed by atoms with van der Waals surface area (Å²) in [5.74, 6) is 0.451. The third-order valence-corrected chi connectivity index (χ3v) is 4.35. The van der Waals surface area contributed by atoms with Gasteiger partial charge in [0, 0.05) is 12.4 Å². The lowest BCUT2D eigenvalue weighted by atomic mass is 10.0. The van der Waals surface area contributed by atoms with E-state index in [9.17, 15) is 9.50 Å². The van der Waals surface area contributed by atoms with Gasteiger partial charge in [-0.05, 0) is 66.8 Å². The number of aromatic nitrogens is 1. The number of nitrogens with zero attached hydrogens (tertiary/aromatic N) is 1. The van der Waals surface area contributed by atoms with E-state index >= 15 is 0 Å². The number of aryl methyl sites for hydroxylation is 1. The van der Waals surface area contributed by atoms with Gasteiger partial charge in [0.15, 0.2) is 0 Å². The van der Waals surface area contributed by atoms with Crippen molar-refractivity contribution in [2.75, 3.05) is 0 Å². The smallest absolute Gasteiger partial charge is 0.123 e. The molecule has 0 fully saturated rings. The number of ether oxygens (including phenoxy) is 1. The van der Waals surface area contributed by atoms with Gasteiger partial charge in [0.1, 0.15) is 17.7 Å². The molecule has 134 valence electrons. The molecule has 1 unspecified atom stereocenters. The van der Waals surface area contributed by atoms with E-state index in [1.807, 2.05) is 49.5 Å². The number of aliphatic hydroxyl groups is 1. The van der Waals surface area contributed by atoms with Crippen molar-refractivity contribution in [2.24, 2.45) is 0 Å². The Balaban J connectivity index is 1.55. The molecule has 1 aromatic heterocycles. The van der Waals surface area contributed by atoms with Crippen LogP contribution in [-0.4, -0.2) is 22.3 Å². The maximum atomic E-state index is 13.0. The molecule has 4 heteroatoms.